The molecule has 0 fully saturated rings. The number of hydrogen-bond donors (Lipinski definition) is 1. The number of rotatable bonds is 3. The van der Waals surface area contributed by atoms with Crippen molar-refractivity contribution in [2.45, 2.75) is 32.6 Å². The van der Waals surface area contributed by atoms with E-state index in [9.17, 15) is 5.26 Å². The van der Waals surface area contributed by atoms with E-state index >= 15 is 0 Å². The van der Waals surface area contributed by atoms with Crippen LogP contribution in [0.1, 0.15) is 41.3 Å². The first-order valence-electron chi connectivity index (χ1n) is 7.37. The molecule has 0 saturated heterocycles. The van der Waals surface area contributed by atoms with Gasteiger partial charge in [0.05, 0.1) is 5.56 Å². The second-order valence-electron chi connectivity index (χ2n) is 5.22. The maximum atomic E-state index is 9.52. The van der Waals surface area contributed by atoms with Crippen LogP contribution < -0.4 is 5.32 Å². The molecule has 0 unspecified atom stereocenters. The number of anilines is 1. The summed E-state index contributed by atoms with van der Waals surface area (Å²) in [5.41, 5.74) is 4.34. The van der Waals surface area contributed by atoms with Crippen molar-refractivity contribution < 1.29 is 0 Å². The lowest BCUT2D eigenvalue weighted by Crippen LogP contribution is -2.01. The smallest absolute Gasteiger partial charge is 0.111 e. The number of nitrogens with one attached hydrogen (secondary N) is 1. The van der Waals surface area contributed by atoms with Gasteiger partial charge in [0.1, 0.15) is 11.1 Å². The fourth-order valence-corrected chi connectivity index (χ4v) is 4.08. The van der Waals surface area contributed by atoms with E-state index in [-0.39, 0.29) is 0 Å². The zero-order chi connectivity index (χ0) is 14.7. The molecule has 1 aromatic carbocycles. The first kappa shape index (κ1) is 13.9. The molecule has 106 valence electrons. The van der Waals surface area contributed by atoms with E-state index < -0.39 is 0 Å². The van der Waals surface area contributed by atoms with Gasteiger partial charge >= 0.3 is 0 Å². The van der Waals surface area contributed by atoms with Crippen LogP contribution in [0, 0.1) is 11.3 Å². The fourth-order valence-electron chi connectivity index (χ4n) is 2.82. The van der Waals surface area contributed by atoms with Crippen LogP contribution >= 0.6 is 11.3 Å². The average Bonchev–Trinajstić information content (AvgIpc) is 2.90. The minimum Gasteiger partial charge on any atom is -0.346 e. The molecule has 1 N–H and O–H groups in total. The van der Waals surface area contributed by atoms with Gasteiger partial charge in [0.15, 0.2) is 0 Å². The number of hydrogen-bond acceptors (Lipinski definition) is 3. The van der Waals surface area contributed by atoms with Gasteiger partial charge in [-0.3, -0.25) is 0 Å². The molecule has 1 aliphatic rings. The molecule has 1 heterocycles. The predicted octanol–water partition coefficient (Wildman–Crippen LogP) is 4.97. The number of nitriles is 1. The first-order chi connectivity index (χ1) is 10.3. The summed E-state index contributed by atoms with van der Waals surface area (Å²) in [6.07, 6.45) is 6.68. The Morgan fingerprint density at radius 3 is 2.71 bits per heavy atom. The van der Waals surface area contributed by atoms with Gasteiger partial charge in [0.2, 0.25) is 0 Å². The van der Waals surface area contributed by atoms with Crippen molar-refractivity contribution in [1.82, 2.24) is 0 Å². The van der Waals surface area contributed by atoms with Gasteiger partial charge in [0, 0.05) is 10.6 Å². The molecule has 21 heavy (non-hydrogen) atoms. The molecule has 0 radical (unpaired) electrons. The lowest BCUT2D eigenvalue weighted by atomic mass is 9.96. The molecule has 2 aromatic rings. The molecule has 0 saturated carbocycles. The zero-order valence-corrected chi connectivity index (χ0v) is 13.0. The number of nitrogens with zero attached hydrogens (tertiary/aromatic N) is 1. The number of fused-ring (bicyclic) bond motifs is 1. The van der Waals surface area contributed by atoms with E-state index in [4.69, 9.17) is 0 Å². The molecule has 0 amide bonds. The van der Waals surface area contributed by atoms with E-state index in [1.54, 1.807) is 11.3 Å². The van der Waals surface area contributed by atoms with E-state index in [2.05, 4.69) is 29.6 Å². The third kappa shape index (κ3) is 2.72. The van der Waals surface area contributed by atoms with Crippen molar-refractivity contribution in [2.24, 2.45) is 0 Å². The molecule has 2 nitrogen and oxygen atoms in total. The molecule has 3 heteroatoms. The first-order valence-corrected chi connectivity index (χ1v) is 8.18. The Balaban J connectivity index is 1.95. The summed E-state index contributed by atoms with van der Waals surface area (Å²) in [7, 11) is 0. The van der Waals surface area contributed by atoms with Crippen molar-refractivity contribution in [3.8, 4) is 6.07 Å². The summed E-state index contributed by atoms with van der Waals surface area (Å²) in [4.78, 5) is 1.39. The minimum atomic E-state index is 0.852. The summed E-state index contributed by atoms with van der Waals surface area (Å²) in [6, 6.07) is 12.7. The Hall–Kier alpha value is -2.05. The molecule has 0 bridgehead atoms. The second kappa shape index (κ2) is 6.15. The van der Waals surface area contributed by atoms with Gasteiger partial charge in [-0.1, -0.05) is 36.4 Å². The van der Waals surface area contributed by atoms with Crippen molar-refractivity contribution in [1.29, 1.82) is 5.26 Å². The van der Waals surface area contributed by atoms with Crippen LogP contribution in [0.5, 0.6) is 0 Å². The maximum absolute atomic E-state index is 9.52. The van der Waals surface area contributed by atoms with Crippen LogP contribution in [-0.2, 0) is 12.8 Å². The fraction of sp³-hybridized carbons (Fsp3) is 0.278. The lowest BCUT2D eigenvalue weighted by molar-refractivity contribution is 0.696. The summed E-state index contributed by atoms with van der Waals surface area (Å²) in [6.45, 7) is 2.02. The standard InChI is InChI=1S/C18H18N2S/c1-2-16(13-8-4-3-5-9-13)20-18-15(12-19)14-10-6-7-11-17(14)21-18/h2-5,8-9,20H,6-7,10-11H2,1H3/b16-2-. The van der Waals surface area contributed by atoms with Gasteiger partial charge in [-0.2, -0.15) is 5.26 Å². The van der Waals surface area contributed by atoms with Gasteiger partial charge in [-0.15, -0.1) is 11.3 Å². The highest BCUT2D eigenvalue weighted by molar-refractivity contribution is 7.16. The van der Waals surface area contributed by atoms with Crippen molar-refractivity contribution >= 4 is 22.0 Å². The van der Waals surface area contributed by atoms with E-state index in [0.717, 1.165) is 34.7 Å². The summed E-state index contributed by atoms with van der Waals surface area (Å²) < 4.78 is 0. The maximum Gasteiger partial charge on any atom is 0.111 e. The molecule has 1 aliphatic carbocycles. The molecule has 0 aliphatic heterocycles. The minimum absolute atomic E-state index is 0.852. The van der Waals surface area contributed by atoms with E-state index in [1.165, 1.54) is 23.3 Å². The number of allylic oxidation sites excluding steroid dienone is 1. The molecule has 3 rings (SSSR count). The molecule has 0 spiro atoms. The third-order valence-electron chi connectivity index (χ3n) is 3.90. The van der Waals surface area contributed by atoms with Crippen molar-refractivity contribution in [2.75, 3.05) is 5.32 Å². The quantitative estimate of drug-likeness (QED) is 0.867. The molecule has 0 atom stereocenters. The summed E-state index contributed by atoms with van der Waals surface area (Å²) >= 11 is 1.75. The van der Waals surface area contributed by atoms with Gasteiger partial charge in [0.25, 0.3) is 0 Å². The van der Waals surface area contributed by atoms with Crippen LogP contribution in [0.4, 0.5) is 5.00 Å². The number of aryl methyl sites for hydroxylation is 1. The Kier molecular flexibility index (Phi) is 4.08. The largest absolute Gasteiger partial charge is 0.346 e. The van der Waals surface area contributed by atoms with Gasteiger partial charge < -0.3 is 5.32 Å². The van der Waals surface area contributed by atoms with Gasteiger partial charge in [-0.25, -0.2) is 0 Å². The topological polar surface area (TPSA) is 35.8 Å². The van der Waals surface area contributed by atoms with Crippen LogP contribution in [0.15, 0.2) is 36.4 Å². The number of benzene rings is 1. The number of thiophene rings is 1. The van der Waals surface area contributed by atoms with Crippen molar-refractivity contribution in [3.63, 3.8) is 0 Å². The van der Waals surface area contributed by atoms with Crippen LogP contribution in [0.3, 0.4) is 0 Å². The van der Waals surface area contributed by atoms with Gasteiger partial charge in [-0.05, 0) is 43.7 Å². The Labute approximate surface area is 129 Å². The van der Waals surface area contributed by atoms with Crippen molar-refractivity contribution in [3.05, 3.63) is 58.0 Å². The predicted molar refractivity (Wildman–Crippen MR) is 89.4 cm³/mol. The SMILES string of the molecule is C/C=C(\Nc1sc2c(c1C#N)CCCC2)c1ccccc1. The Bertz CT molecular complexity index is 705. The molecule has 1 aromatic heterocycles. The summed E-state index contributed by atoms with van der Waals surface area (Å²) in [5.74, 6) is 0. The highest BCUT2D eigenvalue weighted by Gasteiger charge is 2.21. The zero-order valence-electron chi connectivity index (χ0n) is 12.1. The van der Waals surface area contributed by atoms with Crippen LogP contribution in [0.25, 0.3) is 5.70 Å². The van der Waals surface area contributed by atoms with Crippen LogP contribution in [0.2, 0.25) is 0 Å². The molecular weight excluding hydrogens is 276 g/mol. The highest BCUT2D eigenvalue weighted by atomic mass is 32.1. The summed E-state index contributed by atoms with van der Waals surface area (Å²) in [5, 5.41) is 14.0. The molecular formula is C18H18N2S. The van der Waals surface area contributed by atoms with Crippen LogP contribution in [-0.4, -0.2) is 0 Å². The van der Waals surface area contributed by atoms with E-state index in [1.807, 2.05) is 25.1 Å². The Morgan fingerprint density at radius 2 is 2.00 bits per heavy atom. The monoisotopic (exact) mass is 294 g/mol. The lowest BCUT2D eigenvalue weighted by Gasteiger charge is -2.10. The second-order valence-corrected chi connectivity index (χ2v) is 6.33. The average molecular weight is 294 g/mol. The van der Waals surface area contributed by atoms with E-state index in [0.29, 0.717) is 0 Å². The third-order valence-corrected chi connectivity index (χ3v) is 5.11. The normalized spacial score (nSPS) is 14.4. The highest BCUT2D eigenvalue weighted by Crippen LogP contribution is 2.38. The Morgan fingerprint density at radius 1 is 1.24 bits per heavy atom.